The second-order valence-electron chi connectivity index (χ2n) is 6.42. The molecule has 134 valence electrons. The molecule has 1 aliphatic carbocycles. The minimum Gasteiger partial charge on any atom is -0.488 e. The number of rotatable bonds is 5. The Morgan fingerprint density at radius 3 is 2.88 bits per heavy atom. The number of thiazole rings is 1. The maximum atomic E-state index is 12.6. The molecule has 6 nitrogen and oxygen atoms in total. The molecule has 3 aromatic rings. The summed E-state index contributed by atoms with van der Waals surface area (Å²) in [6.07, 6.45) is 8.41. The highest BCUT2D eigenvalue weighted by atomic mass is 32.1. The van der Waals surface area contributed by atoms with E-state index in [0.29, 0.717) is 11.4 Å². The van der Waals surface area contributed by atoms with Crippen LogP contribution in [0.2, 0.25) is 0 Å². The van der Waals surface area contributed by atoms with Gasteiger partial charge in [-0.25, -0.2) is 4.98 Å². The van der Waals surface area contributed by atoms with Crippen LogP contribution in [0.4, 0.5) is 5.69 Å². The predicted molar refractivity (Wildman–Crippen MR) is 102 cm³/mol. The lowest BCUT2D eigenvalue weighted by Gasteiger charge is -2.16. The van der Waals surface area contributed by atoms with Gasteiger partial charge in [-0.2, -0.15) is 5.10 Å². The molecule has 0 aliphatic heterocycles. The molecule has 1 aromatic carbocycles. The standard InChI is InChI=1S/C19H20N4O2S/c1-23-11-13(10-20-23)19-22-16(12-26-19)18(24)21-15-8-4-5-9-17(15)25-14-6-2-3-7-14/h4-5,8-12,14H,2-3,6-7H2,1H3,(H,21,24). The molecule has 1 aliphatic rings. The van der Waals surface area contributed by atoms with Crippen molar-refractivity contribution in [2.24, 2.45) is 7.05 Å². The molecule has 0 saturated heterocycles. The molecule has 1 N–H and O–H groups in total. The topological polar surface area (TPSA) is 69.0 Å². The number of nitrogens with one attached hydrogen (secondary N) is 1. The predicted octanol–water partition coefficient (Wildman–Crippen LogP) is 4.12. The molecule has 1 amide bonds. The average molecular weight is 368 g/mol. The number of anilines is 1. The Kier molecular flexibility index (Phi) is 4.71. The van der Waals surface area contributed by atoms with Crippen LogP contribution in [-0.2, 0) is 7.05 Å². The van der Waals surface area contributed by atoms with Gasteiger partial charge in [-0.1, -0.05) is 12.1 Å². The van der Waals surface area contributed by atoms with Crippen molar-refractivity contribution < 1.29 is 9.53 Å². The number of carbonyl (C=O) groups is 1. The molecule has 0 bridgehead atoms. The summed E-state index contributed by atoms with van der Waals surface area (Å²) in [5, 5.41) is 9.61. The highest BCUT2D eigenvalue weighted by Gasteiger charge is 2.19. The lowest BCUT2D eigenvalue weighted by atomic mass is 10.2. The smallest absolute Gasteiger partial charge is 0.275 e. The first-order valence-electron chi connectivity index (χ1n) is 8.70. The fourth-order valence-corrected chi connectivity index (χ4v) is 3.86. The molecule has 2 aromatic heterocycles. The molecular weight excluding hydrogens is 348 g/mol. The summed E-state index contributed by atoms with van der Waals surface area (Å²) in [5.74, 6) is 0.481. The van der Waals surface area contributed by atoms with Gasteiger partial charge < -0.3 is 10.1 Å². The molecule has 0 spiro atoms. The van der Waals surface area contributed by atoms with Gasteiger partial charge in [0, 0.05) is 24.2 Å². The zero-order valence-electron chi connectivity index (χ0n) is 14.5. The summed E-state index contributed by atoms with van der Waals surface area (Å²) in [7, 11) is 1.85. The van der Waals surface area contributed by atoms with Gasteiger partial charge in [0.2, 0.25) is 0 Å². The number of nitrogens with zero attached hydrogens (tertiary/aromatic N) is 3. The third kappa shape index (κ3) is 3.62. The number of ether oxygens (including phenoxy) is 1. The van der Waals surface area contributed by atoms with E-state index in [-0.39, 0.29) is 12.0 Å². The van der Waals surface area contributed by atoms with Crippen molar-refractivity contribution in [1.82, 2.24) is 14.8 Å². The van der Waals surface area contributed by atoms with E-state index in [1.54, 1.807) is 16.3 Å². The summed E-state index contributed by atoms with van der Waals surface area (Å²) >= 11 is 1.43. The number of amides is 1. The van der Waals surface area contributed by atoms with E-state index in [1.807, 2.05) is 37.5 Å². The minimum absolute atomic E-state index is 0.237. The Labute approximate surface area is 155 Å². The first kappa shape index (κ1) is 16.8. The Morgan fingerprint density at radius 1 is 1.31 bits per heavy atom. The maximum absolute atomic E-state index is 12.6. The SMILES string of the molecule is Cn1cc(-c2nc(C(=O)Nc3ccccc3OC3CCCC3)cs2)cn1. The summed E-state index contributed by atoms with van der Waals surface area (Å²) in [4.78, 5) is 17.0. The van der Waals surface area contributed by atoms with E-state index < -0.39 is 0 Å². The van der Waals surface area contributed by atoms with Crippen LogP contribution in [0.1, 0.15) is 36.2 Å². The van der Waals surface area contributed by atoms with E-state index >= 15 is 0 Å². The summed E-state index contributed by atoms with van der Waals surface area (Å²) in [6, 6.07) is 7.56. The first-order chi connectivity index (χ1) is 12.7. The van der Waals surface area contributed by atoms with Crippen LogP contribution in [0.15, 0.2) is 42.0 Å². The lowest BCUT2D eigenvalue weighted by Crippen LogP contribution is -2.16. The van der Waals surface area contributed by atoms with Gasteiger partial charge in [-0.15, -0.1) is 11.3 Å². The van der Waals surface area contributed by atoms with Crippen LogP contribution in [0.5, 0.6) is 5.75 Å². The molecule has 26 heavy (non-hydrogen) atoms. The molecule has 1 saturated carbocycles. The van der Waals surface area contributed by atoms with Crippen LogP contribution >= 0.6 is 11.3 Å². The van der Waals surface area contributed by atoms with Gasteiger partial charge in [0.25, 0.3) is 5.91 Å². The average Bonchev–Trinajstić information content (AvgIpc) is 3.37. The number of hydrogen-bond acceptors (Lipinski definition) is 5. The van der Waals surface area contributed by atoms with Gasteiger partial charge in [0.1, 0.15) is 16.5 Å². The second kappa shape index (κ2) is 7.29. The fraction of sp³-hybridized carbons (Fsp3) is 0.316. The molecule has 2 heterocycles. The van der Waals surface area contributed by atoms with E-state index in [9.17, 15) is 4.79 Å². The molecular formula is C19H20N4O2S. The number of benzene rings is 1. The number of para-hydroxylation sites is 2. The first-order valence-corrected chi connectivity index (χ1v) is 9.58. The van der Waals surface area contributed by atoms with Crippen LogP contribution in [0.3, 0.4) is 0 Å². The largest absolute Gasteiger partial charge is 0.488 e. The summed E-state index contributed by atoms with van der Waals surface area (Å²) in [5.41, 5.74) is 1.98. The normalized spacial score (nSPS) is 14.5. The molecule has 0 unspecified atom stereocenters. The van der Waals surface area contributed by atoms with E-state index in [1.165, 1.54) is 24.2 Å². The van der Waals surface area contributed by atoms with Crippen molar-refractivity contribution in [2.75, 3.05) is 5.32 Å². The third-order valence-corrected chi connectivity index (χ3v) is 5.31. The van der Waals surface area contributed by atoms with Gasteiger partial charge in [0.15, 0.2) is 0 Å². The van der Waals surface area contributed by atoms with Crippen molar-refractivity contribution in [1.29, 1.82) is 0 Å². The third-order valence-electron chi connectivity index (χ3n) is 4.42. The Hall–Kier alpha value is -2.67. The Bertz CT molecular complexity index is 912. The Morgan fingerprint density at radius 2 is 2.12 bits per heavy atom. The molecule has 0 radical (unpaired) electrons. The van der Waals surface area contributed by atoms with E-state index in [0.717, 1.165) is 29.2 Å². The van der Waals surface area contributed by atoms with E-state index in [4.69, 9.17) is 4.74 Å². The number of aromatic nitrogens is 3. The molecule has 0 atom stereocenters. The van der Waals surface area contributed by atoms with Crippen molar-refractivity contribution in [3.8, 4) is 16.3 Å². The lowest BCUT2D eigenvalue weighted by molar-refractivity contribution is 0.102. The zero-order valence-corrected chi connectivity index (χ0v) is 15.3. The van der Waals surface area contributed by atoms with Gasteiger partial charge in [-0.05, 0) is 37.8 Å². The monoisotopic (exact) mass is 368 g/mol. The number of hydrogen-bond donors (Lipinski definition) is 1. The zero-order chi connectivity index (χ0) is 17.9. The number of aryl methyl sites for hydroxylation is 1. The van der Waals surface area contributed by atoms with E-state index in [2.05, 4.69) is 15.4 Å². The van der Waals surface area contributed by atoms with Gasteiger partial charge in [0.05, 0.1) is 18.0 Å². The van der Waals surface area contributed by atoms with Crippen LogP contribution < -0.4 is 10.1 Å². The van der Waals surface area contributed by atoms with Crippen LogP contribution in [0.25, 0.3) is 10.6 Å². The maximum Gasteiger partial charge on any atom is 0.275 e. The van der Waals surface area contributed by atoms with Crippen LogP contribution in [0, 0.1) is 0 Å². The second-order valence-corrected chi connectivity index (χ2v) is 7.27. The summed E-state index contributed by atoms with van der Waals surface area (Å²) < 4.78 is 7.79. The Balaban J connectivity index is 1.49. The van der Waals surface area contributed by atoms with Crippen molar-refractivity contribution >= 4 is 22.9 Å². The quantitative estimate of drug-likeness (QED) is 0.736. The molecule has 1 fully saturated rings. The van der Waals surface area contributed by atoms with Crippen molar-refractivity contribution in [3.05, 3.63) is 47.7 Å². The molecule has 4 rings (SSSR count). The van der Waals surface area contributed by atoms with Crippen LogP contribution in [-0.4, -0.2) is 26.8 Å². The van der Waals surface area contributed by atoms with Gasteiger partial charge in [-0.3, -0.25) is 9.48 Å². The highest BCUT2D eigenvalue weighted by Crippen LogP contribution is 2.30. The molecule has 7 heteroatoms. The summed E-state index contributed by atoms with van der Waals surface area (Å²) in [6.45, 7) is 0. The number of carbonyl (C=O) groups excluding carboxylic acids is 1. The van der Waals surface area contributed by atoms with Crippen molar-refractivity contribution in [2.45, 2.75) is 31.8 Å². The highest BCUT2D eigenvalue weighted by molar-refractivity contribution is 7.13. The fourth-order valence-electron chi connectivity index (χ4n) is 3.09. The van der Waals surface area contributed by atoms with Gasteiger partial charge >= 0.3 is 0 Å². The van der Waals surface area contributed by atoms with Crippen molar-refractivity contribution in [3.63, 3.8) is 0 Å². The minimum atomic E-state index is -0.237.